The van der Waals surface area contributed by atoms with E-state index in [0.29, 0.717) is 0 Å². The van der Waals surface area contributed by atoms with E-state index in [1.807, 2.05) is 0 Å². The van der Waals surface area contributed by atoms with Gasteiger partial charge in [0.05, 0.1) is 6.54 Å². The Balaban J connectivity index is 2.97. The van der Waals surface area contributed by atoms with Crippen LogP contribution in [0.5, 0.6) is 0 Å². The lowest BCUT2D eigenvalue weighted by Crippen LogP contribution is -2.50. The van der Waals surface area contributed by atoms with Gasteiger partial charge in [-0.25, -0.2) is 0 Å². The number of nitrogens with zero attached hydrogens (tertiary/aromatic N) is 1. The second-order valence-corrected chi connectivity index (χ2v) is 2.57. The molecule has 0 saturated carbocycles. The van der Waals surface area contributed by atoms with Gasteiger partial charge in [-0.15, -0.1) is 0 Å². The molecule has 0 bridgehead atoms. The van der Waals surface area contributed by atoms with E-state index in [1.165, 1.54) is 19.3 Å². The zero-order chi connectivity index (χ0) is 8.53. The summed E-state index contributed by atoms with van der Waals surface area (Å²) < 4.78 is 0. The number of hydrogen-bond donors (Lipinski definition) is 3. The summed E-state index contributed by atoms with van der Waals surface area (Å²) in [5.74, 6) is 0.196. The highest BCUT2D eigenvalue weighted by Gasteiger charge is 1.88. The summed E-state index contributed by atoms with van der Waals surface area (Å²) in [6, 6.07) is 0. The van der Waals surface area contributed by atoms with Crippen LogP contribution in [-0.4, -0.2) is 19.0 Å². The van der Waals surface area contributed by atoms with E-state index in [-0.39, 0.29) is 5.96 Å². The van der Waals surface area contributed by atoms with Crippen LogP contribution in [0.25, 0.3) is 0 Å². The van der Waals surface area contributed by atoms with E-state index in [4.69, 9.17) is 11.5 Å². The number of rotatable bonds is 6. The molecule has 0 spiro atoms. The van der Waals surface area contributed by atoms with Crippen molar-refractivity contribution in [2.24, 2.45) is 16.5 Å². The fraction of sp³-hybridized carbons (Fsp3) is 0.857. The van der Waals surface area contributed by atoms with Crippen molar-refractivity contribution >= 4 is 5.96 Å². The number of unbranched alkanes of at least 4 members (excludes halogenated alkanes) is 3. The SMILES string of the molecule is NC(N)=NCCCCCC[NH3+]. The summed E-state index contributed by atoms with van der Waals surface area (Å²) in [6.07, 6.45) is 4.73. The van der Waals surface area contributed by atoms with Gasteiger partial charge in [0, 0.05) is 6.54 Å². The Kier molecular flexibility index (Phi) is 6.82. The standard InChI is InChI=1S/C7H18N4/c8-5-3-1-2-4-6-11-7(9)10/h1-6,8H2,(H4,9,10,11)/p+1. The van der Waals surface area contributed by atoms with Gasteiger partial charge in [-0.3, -0.25) is 4.99 Å². The summed E-state index contributed by atoms with van der Waals surface area (Å²) in [5, 5.41) is 0. The molecule has 0 aromatic rings. The molecule has 0 aliphatic rings. The van der Waals surface area contributed by atoms with Gasteiger partial charge >= 0.3 is 0 Å². The molecule has 7 N–H and O–H groups in total. The van der Waals surface area contributed by atoms with Crippen molar-refractivity contribution in [3.05, 3.63) is 0 Å². The zero-order valence-electron chi connectivity index (χ0n) is 7.05. The molecule has 4 heteroatoms. The summed E-state index contributed by atoms with van der Waals surface area (Å²) >= 11 is 0. The first-order valence-electron chi connectivity index (χ1n) is 4.12. The van der Waals surface area contributed by atoms with Crippen molar-refractivity contribution in [2.45, 2.75) is 25.7 Å². The molecule has 0 atom stereocenters. The van der Waals surface area contributed by atoms with E-state index in [9.17, 15) is 0 Å². The lowest BCUT2D eigenvalue weighted by molar-refractivity contribution is -0.368. The van der Waals surface area contributed by atoms with Gasteiger partial charge in [-0.05, 0) is 19.3 Å². The second-order valence-electron chi connectivity index (χ2n) is 2.57. The Morgan fingerprint density at radius 2 is 1.73 bits per heavy atom. The number of quaternary nitrogens is 1. The fourth-order valence-corrected chi connectivity index (χ4v) is 0.850. The molecule has 0 aromatic carbocycles. The number of aliphatic imine (C=N–C) groups is 1. The van der Waals surface area contributed by atoms with Crippen LogP contribution in [0, 0.1) is 0 Å². The first-order valence-corrected chi connectivity index (χ1v) is 4.12. The Labute approximate surface area is 67.8 Å². The molecule has 0 radical (unpaired) electrons. The van der Waals surface area contributed by atoms with Crippen LogP contribution in [0.15, 0.2) is 4.99 Å². The van der Waals surface area contributed by atoms with Crippen molar-refractivity contribution in [2.75, 3.05) is 13.1 Å². The molecule has 0 fully saturated rings. The lowest BCUT2D eigenvalue weighted by atomic mass is 10.2. The molecule has 0 saturated heterocycles. The van der Waals surface area contributed by atoms with Crippen LogP contribution >= 0.6 is 0 Å². The van der Waals surface area contributed by atoms with Gasteiger partial charge in [0.25, 0.3) is 0 Å². The molecule has 0 aromatic heterocycles. The number of hydrogen-bond acceptors (Lipinski definition) is 1. The Bertz CT molecular complexity index is 107. The van der Waals surface area contributed by atoms with Gasteiger partial charge in [0.2, 0.25) is 0 Å². The zero-order valence-corrected chi connectivity index (χ0v) is 7.05. The highest BCUT2D eigenvalue weighted by atomic mass is 15.0. The molecule has 0 unspecified atom stereocenters. The Morgan fingerprint density at radius 1 is 1.09 bits per heavy atom. The lowest BCUT2D eigenvalue weighted by Gasteiger charge is -1.95. The van der Waals surface area contributed by atoms with Crippen LogP contribution in [-0.2, 0) is 0 Å². The van der Waals surface area contributed by atoms with Gasteiger partial charge in [0.1, 0.15) is 0 Å². The molecule has 0 amide bonds. The molecular formula is C7H19N4+. The third-order valence-electron chi connectivity index (χ3n) is 1.45. The minimum Gasteiger partial charge on any atom is -0.370 e. The summed E-state index contributed by atoms with van der Waals surface area (Å²) in [6.45, 7) is 1.79. The fourth-order valence-electron chi connectivity index (χ4n) is 0.850. The van der Waals surface area contributed by atoms with Crippen LogP contribution in [0.3, 0.4) is 0 Å². The predicted octanol–water partition coefficient (Wildman–Crippen LogP) is -0.938. The average molecular weight is 159 g/mol. The van der Waals surface area contributed by atoms with Crippen molar-refractivity contribution in [3.8, 4) is 0 Å². The maximum atomic E-state index is 5.15. The molecule has 0 aliphatic carbocycles. The van der Waals surface area contributed by atoms with Crippen LogP contribution in [0.4, 0.5) is 0 Å². The van der Waals surface area contributed by atoms with Crippen molar-refractivity contribution in [3.63, 3.8) is 0 Å². The van der Waals surface area contributed by atoms with E-state index < -0.39 is 0 Å². The Morgan fingerprint density at radius 3 is 2.27 bits per heavy atom. The first kappa shape index (κ1) is 10.2. The molecule has 11 heavy (non-hydrogen) atoms. The normalized spacial score (nSPS) is 9.55. The monoisotopic (exact) mass is 159 g/mol. The minimum atomic E-state index is 0.196. The van der Waals surface area contributed by atoms with E-state index in [2.05, 4.69) is 10.7 Å². The highest BCUT2D eigenvalue weighted by Crippen LogP contribution is 1.97. The van der Waals surface area contributed by atoms with Crippen molar-refractivity contribution in [1.29, 1.82) is 0 Å². The van der Waals surface area contributed by atoms with Gasteiger partial charge in [0.15, 0.2) is 5.96 Å². The topological polar surface area (TPSA) is 92.0 Å². The van der Waals surface area contributed by atoms with Gasteiger partial charge in [-0.1, -0.05) is 6.42 Å². The number of guanidine groups is 1. The summed E-state index contributed by atoms with van der Waals surface area (Å²) in [7, 11) is 0. The van der Waals surface area contributed by atoms with E-state index in [1.54, 1.807) is 0 Å². The minimum absolute atomic E-state index is 0.196. The maximum Gasteiger partial charge on any atom is 0.185 e. The van der Waals surface area contributed by atoms with Crippen molar-refractivity contribution < 1.29 is 5.73 Å². The van der Waals surface area contributed by atoms with Crippen LogP contribution in [0.1, 0.15) is 25.7 Å². The molecule has 0 rings (SSSR count). The van der Waals surface area contributed by atoms with E-state index >= 15 is 0 Å². The predicted molar refractivity (Wildman–Crippen MR) is 46.9 cm³/mol. The van der Waals surface area contributed by atoms with E-state index in [0.717, 1.165) is 19.5 Å². The highest BCUT2D eigenvalue weighted by molar-refractivity contribution is 5.75. The van der Waals surface area contributed by atoms with Crippen molar-refractivity contribution in [1.82, 2.24) is 0 Å². The Hall–Kier alpha value is -0.770. The smallest absolute Gasteiger partial charge is 0.185 e. The van der Waals surface area contributed by atoms with Gasteiger partial charge < -0.3 is 17.2 Å². The molecule has 0 aliphatic heterocycles. The molecule has 0 heterocycles. The molecule has 4 nitrogen and oxygen atoms in total. The summed E-state index contributed by atoms with van der Waals surface area (Å²) in [5.41, 5.74) is 14.1. The largest absolute Gasteiger partial charge is 0.370 e. The molecular weight excluding hydrogens is 140 g/mol. The van der Waals surface area contributed by atoms with Crippen LogP contribution < -0.4 is 17.2 Å². The third-order valence-corrected chi connectivity index (χ3v) is 1.45. The quantitative estimate of drug-likeness (QED) is 0.265. The third kappa shape index (κ3) is 9.23. The van der Waals surface area contributed by atoms with Crippen LogP contribution in [0.2, 0.25) is 0 Å². The summed E-state index contributed by atoms with van der Waals surface area (Å²) in [4.78, 5) is 3.88. The maximum absolute atomic E-state index is 5.15. The second kappa shape index (κ2) is 7.34. The first-order chi connectivity index (χ1) is 5.27. The number of nitrogens with two attached hydrogens (primary N) is 2. The average Bonchev–Trinajstić information content (AvgIpc) is 1.96. The molecule has 66 valence electrons. The van der Waals surface area contributed by atoms with Gasteiger partial charge in [-0.2, -0.15) is 0 Å².